The highest BCUT2D eigenvalue weighted by Crippen LogP contribution is 2.36. The molecule has 0 spiro atoms. The standard InChI is InChI=1S/C16H8ClF5N2S2/c17-16-24-6-9(26-16)5-23-7-1-3-8(4-2-7)25-15-13(21)11(19)10(18)12(20)14(15)22/h1-4,6,23H,5H2. The van der Waals surface area contributed by atoms with Crippen LogP contribution < -0.4 is 5.32 Å². The highest BCUT2D eigenvalue weighted by Gasteiger charge is 2.26. The fraction of sp³-hybridized carbons (Fsp3) is 0.0625. The Hall–Kier alpha value is -1.84. The van der Waals surface area contributed by atoms with E-state index in [1.165, 1.54) is 23.5 Å². The molecule has 1 aromatic heterocycles. The predicted molar refractivity (Wildman–Crippen MR) is 91.2 cm³/mol. The van der Waals surface area contributed by atoms with Crippen molar-refractivity contribution >= 4 is 40.4 Å². The van der Waals surface area contributed by atoms with Gasteiger partial charge in [-0.3, -0.25) is 0 Å². The maximum absolute atomic E-state index is 13.7. The van der Waals surface area contributed by atoms with Gasteiger partial charge in [-0.15, -0.1) is 11.3 Å². The molecule has 1 heterocycles. The normalized spacial score (nSPS) is 11.0. The van der Waals surface area contributed by atoms with Gasteiger partial charge in [0, 0.05) is 21.7 Å². The number of hydrogen-bond donors (Lipinski definition) is 1. The van der Waals surface area contributed by atoms with Gasteiger partial charge < -0.3 is 5.32 Å². The fourth-order valence-electron chi connectivity index (χ4n) is 1.99. The molecule has 0 radical (unpaired) electrons. The Labute approximate surface area is 158 Å². The Balaban J connectivity index is 1.74. The number of nitrogens with zero attached hydrogens (tertiary/aromatic N) is 1. The zero-order valence-corrected chi connectivity index (χ0v) is 15.0. The number of thiazole rings is 1. The van der Waals surface area contributed by atoms with Crippen molar-refractivity contribution in [2.75, 3.05) is 5.32 Å². The maximum Gasteiger partial charge on any atom is 0.200 e. The molecule has 26 heavy (non-hydrogen) atoms. The zero-order chi connectivity index (χ0) is 18.8. The van der Waals surface area contributed by atoms with Gasteiger partial charge in [0.05, 0.1) is 11.4 Å². The van der Waals surface area contributed by atoms with E-state index in [9.17, 15) is 22.0 Å². The molecule has 2 nitrogen and oxygen atoms in total. The van der Waals surface area contributed by atoms with Gasteiger partial charge in [0.25, 0.3) is 0 Å². The highest BCUT2D eigenvalue weighted by molar-refractivity contribution is 7.99. The van der Waals surface area contributed by atoms with Gasteiger partial charge in [0.15, 0.2) is 27.7 Å². The Morgan fingerprint density at radius 2 is 1.50 bits per heavy atom. The molecule has 3 aromatic rings. The van der Waals surface area contributed by atoms with E-state index in [0.717, 1.165) is 4.88 Å². The molecule has 0 bridgehead atoms. The molecule has 0 fully saturated rings. The van der Waals surface area contributed by atoms with Crippen LogP contribution in [0.15, 0.2) is 40.3 Å². The molecule has 136 valence electrons. The number of halogens is 6. The van der Waals surface area contributed by atoms with Crippen LogP contribution in [0.3, 0.4) is 0 Å². The van der Waals surface area contributed by atoms with E-state index in [4.69, 9.17) is 11.6 Å². The molecule has 0 aliphatic carbocycles. The summed E-state index contributed by atoms with van der Waals surface area (Å²) < 4.78 is 67.4. The quantitative estimate of drug-likeness (QED) is 0.298. The average molecular weight is 423 g/mol. The molecule has 0 saturated carbocycles. The lowest BCUT2D eigenvalue weighted by atomic mass is 10.3. The predicted octanol–water partition coefficient (Wildman–Crippen LogP) is 6.26. The first-order chi connectivity index (χ1) is 12.4. The van der Waals surface area contributed by atoms with Gasteiger partial charge in [0.2, 0.25) is 5.82 Å². The minimum absolute atomic E-state index is 0.319. The van der Waals surface area contributed by atoms with Crippen LogP contribution in [0, 0.1) is 29.1 Å². The first-order valence-electron chi connectivity index (χ1n) is 7.00. The number of anilines is 1. The largest absolute Gasteiger partial charge is 0.380 e. The molecule has 0 atom stereocenters. The number of rotatable bonds is 5. The van der Waals surface area contributed by atoms with E-state index in [2.05, 4.69) is 10.3 Å². The van der Waals surface area contributed by atoms with Gasteiger partial charge in [-0.25, -0.2) is 26.9 Å². The maximum atomic E-state index is 13.7. The van der Waals surface area contributed by atoms with Crippen molar-refractivity contribution in [2.45, 2.75) is 16.3 Å². The summed E-state index contributed by atoms with van der Waals surface area (Å²) in [6, 6.07) is 6.25. The highest BCUT2D eigenvalue weighted by atomic mass is 35.5. The second-order valence-electron chi connectivity index (χ2n) is 4.96. The minimum Gasteiger partial charge on any atom is -0.380 e. The molecule has 10 heteroatoms. The van der Waals surface area contributed by atoms with Crippen molar-refractivity contribution in [2.24, 2.45) is 0 Å². The summed E-state index contributed by atoms with van der Waals surface area (Å²) in [5, 5.41) is 3.10. The first kappa shape index (κ1) is 18.9. The molecule has 0 aliphatic heterocycles. The van der Waals surface area contributed by atoms with Gasteiger partial charge >= 0.3 is 0 Å². The summed E-state index contributed by atoms with van der Waals surface area (Å²) in [7, 11) is 0. The van der Waals surface area contributed by atoms with Crippen LogP contribution in [0.5, 0.6) is 0 Å². The van der Waals surface area contributed by atoms with Crippen molar-refractivity contribution in [1.29, 1.82) is 0 Å². The molecule has 0 unspecified atom stereocenters. The molecular formula is C16H8ClF5N2S2. The Kier molecular flexibility index (Phi) is 5.69. The summed E-state index contributed by atoms with van der Waals surface area (Å²) >= 11 is 7.51. The van der Waals surface area contributed by atoms with Crippen LogP contribution in [0.2, 0.25) is 4.47 Å². The summed E-state index contributed by atoms with van der Waals surface area (Å²) in [5.74, 6) is -9.81. The van der Waals surface area contributed by atoms with E-state index >= 15 is 0 Å². The number of hydrogen-bond acceptors (Lipinski definition) is 4. The fourth-order valence-corrected chi connectivity index (χ4v) is 3.77. The van der Waals surface area contributed by atoms with E-state index in [1.54, 1.807) is 18.3 Å². The van der Waals surface area contributed by atoms with Crippen LogP contribution in [0.1, 0.15) is 4.88 Å². The summed E-state index contributed by atoms with van der Waals surface area (Å²) in [4.78, 5) is 4.20. The number of benzene rings is 2. The Bertz CT molecular complexity index is 918. The second kappa shape index (κ2) is 7.81. The van der Waals surface area contributed by atoms with E-state index in [0.29, 0.717) is 33.4 Å². The summed E-state index contributed by atoms with van der Waals surface area (Å²) in [6.45, 7) is 0.481. The van der Waals surface area contributed by atoms with Crippen LogP contribution in [-0.4, -0.2) is 4.98 Å². The molecule has 2 aromatic carbocycles. The Morgan fingerprint density at radius 3 is 2.04 bits per heavy atom. The molecule has 0 amide bonds. The van der Waals surface area contributed by atoms with Gasteiger partial charge in [0.1, 0.15) is 0 Å². The van der Waals surface area contributed by atoms with Crippen LogP contribution in [0.25, 0.3) is 0 Å². The first-order valence-corrected chi connectivity index (χ1v) is 9.01. The van der Waals surface area contributed by atoms with Crippen molar-refractivity contribution in [3.05, 3.63) is 68.9 Å². The SMILES string of the molecule is Fc1c(F)c(F)c(Sc2ccc(NCc3cnc(Cl)s3)cc2)c(F)c1F. The van der Waals surface area contributed by atoms with Crippen molar-refractivity contribution in [3.63, 3.8) is 0 Å². The number of aromatic nitrogens is 1. The lowest BCUT2D eigenvalue weighted by Crippen LogP contribution is -2.03. The topological polar surface area (TPSA) is 24.9 Å². The van der Waals surface area contributed by atoms with Crippen LogP contribution in [0.4, 0.5) is 27.6 Å². The summed E-state index contributed by atoms with van der Waals surface area (Å²) in [6.07, 6.45) is 1.63. The molecule has 1 N–H and O–H groups in total. The minimum atomic E-state index is -2.17. The third kappa shape index (κ3) is 3.94. The monoisotopic (exact) mass is 422 g/mol. The Morgan fingerprint density at radius 1 is 0.923 bits per heavy atom. The van der Waals surface area contributed by atoms with Crippen LogP contribution in [-0.2, 0) is 6.54 Å². The van der Waals surface area contributed by atoms with E-state index in [1.807, 2.05) is 0 Å². The average Bonchev–Trinajstić information content (AvgIpc) is 3.06. The van der Waals surface area contributed by atoms with Crippen LogP contribution >= 0.6 is 34.7 Å². The summed E-state index contributed by atoms with van der Waals surface area (Å²) in [5.41, 5.74) is 0.705. The van der Waals surface area contributed by atoms with Crippen molar-refractivity contribution < 1.29 is 22.0 Å². The third-order valence-corrected chi connectivity index (χ3v) is 5.42. The lowest BCUT2D eigenvalue weighted by molar-refractivity contribution is 0.361. The molecule has 0 saturated heterocycles. The van der Waals surface area contributed by atoms with Crippen molar-refractivity contribution in [3.8, 4) is 0 Å². The molecule has 3 rings (SSSR count). The van der Waals surface area contributed by atoms with Gasteiger partial charge in [-0.05, 0) is 24.3 Å². The van der Waals surface area contributed by atoms with Gasteiger partial charge in [-0.2, -0.15) is 0 Å². The molecule has 0 aliphatic rings. The second-order valence-corrected chi connectivity index (χ2v) is 7.74. The smallest absolute Gasteiger partial charge is 0.200 e. The third-order valence-electron chi connectivity index (χ3n) is 3.24. The van der Waals surface area contributed by atoms with Gasteiger partial charge in [-0.1, -0.05) is 23.4 Å². The molecular weight excluding hydrogens is 415 g/mol. The van der Waals surface area contributed by atoms with E-state index < -0.39 is 34.0 Å². The van der Waals surface area contributed by atoms with E-state index in [-0.39, 0.29) is 0 Å². The number of nitrogens with one attached hydrogen (secondary N) is 1. The van der Waals surface area contributed by atoms with Crippen molar-refractivity contribution in [1.82, 2.24) is 4.98 Å². The zero-order valence-electron chi connectivity index (χ0n) is 12.6. The lowest BCUT2D eigenvalue weighted by Gasteiger charge is -2.09.